The van der Waals surface area contributed by atoms with Crippen LogP contribution in [0.15, 0.2) is 9.64 Å². The Labute approximate surface area is 62.6 Å². The van der Waals surface area contributed by atoms with Crippen molar-refractivity contribution in [2.75, 3.05) is 6.26 Å². The number of nitrogens with zero attached hydrogens (tertiary/aromatic N) is 2. The first-order chi connectivity index (χ1) is 4.36. The van der Waals surface area contributed by atoms with Crippen LogP contribution in [0.2, 0.25) is 0 Å². The van der Waals surface area contributed by atoms with Crippen LogP contribution in [0, 0.1) is 0 Å². The van der Waals surface area contributed by atoms with Crippen LogP contribution in [0.5, 0.6) is 0 Å². The summed E-state index contributed by atoms with van der Waals surface area (Å²) in [4.78, 5) is 0. The molecule has 0 aliphatic rings. The molecule has 0 saturated heterocycles. The Morgan fingerprint density at radius 1 is 1.67 bits per heavy atom. The van der Waals surface area contributed by atoms with Crippen molar-refractivity contribution >= 4 is 24.4 Å². The molecule has 0 fully saturated rings. The van der Waals surface area contributed by atoms with Gasteiger partial charge in [0.15, 0.2) is 0 Å². The molecule has 3 nitrogen and oxygen atoms in total. The first-order valence-electron chi connectivity index (χ1n) is 2.34. The van der Waals surface area contributed by atoms with E-state index in [0.29, 0.717) is 16.9 Å². The third kappa shape index (κ3) is 1.62. The van der Waals surface area contributed by atoms with Crippen LogP contribution in [0.4, 0.5) is 0 Å². The van der Waals surface area contributed by atoms with Crippen LogP contribution < -0.4 is 0 Å². The molecule has 0 N–H and O–H groups in total. The lowest BCUT2D eigenvalue weighted by molar-refractivity contribution is 0.427. The smallest absolute Gasteiger partial charge is 0.276 e. The van der Waals surface area contributed by atoms with E-state index < -0.39 is 0 Å². The number of aromatic nitrogens is 2. The summed E-state index contributed by atoms with van der Waals surface area (Å²) in [6.45, 7) is 0. The quantitative estimate of drug-likeness (QED) is 0.524. The van der Waals surface area contributed by atoms with E-state index in [2.05, 4.69) is 22.8 Å². The highest BCUT2D eigenvalue weighted by Gasteiger charge is 1.99. The van der Waals surface area contributed by atoms with E-state index in [1.807, 2.05) is 6.26 Å². The van der Waals surface area contributed by atoms with Crippen LogP contribution in [0.3, 0.4) is 0 Å². The first-order valence-corrected chi connectivity index (χ1v) is 4.19. The Morgan fingerprint density at radius 3 is 2.78 bits per heavy atom. The van der Waals surface area contributed by atoms with Gasteiger partial charge in [0.25, 0.3) is 5.22 Å². The molecule has 0 radical (unpaired) electrons. The average molecular weight is 162 g/mol. The molecule has 0 aromatic carbocycles. The second-order valence-corrected chi connectivity index (χ2v) is 2.40. The number of hydrogen-bond donors (Lipinski definition) is 1. The van der Waals surface area contributed by atoms with E-state index >= 15 is 0 Å². The summed E-state index contributed by atoms with van der Waals surface area (Å²) in [6, 6.07) is 0. The summed E-state index contributed by atoms with van der Waals surface area (Å²) in [5, 5.41) is 7.99. The monoisotopic (exact) mass is 162 g/mol. The molecule has 0 aliphatic heterocycles. The molecule has 1 aromatic rings. The van der Waals surface area contributed by atoms with Crippen molar-refractivity contribution in [2.45, 2.75) is 11.0 Å². The predicted molar refractivity (Wildman–Crippen MR) is 38.8 cm³/mol. The summed E-state index contributed by atoms with van der Waals surface area (Å²) in [6.07, 6.45) is 1.88. The van der Waals surface area contributed by atoms with Gasteiger partial charge in [-0.3, -0.25) is 0 Å². The normalized spacial score (nSPS) is 10.0. The molecule has 0 saturated carbocycles. The summed E-state index contributed by atoms with van der Waals surface area (Å²) >= 11 is 5.39. The fourth-order valence-corrected chi connectivity index (χ4v) is 0.814. The van der Waals surface area contributed by atoms with Crippen LogP contribution in [0.25, 0.3) is 0 Å². The van der Waals surface area contributed by atoms with Gasteiger partial charge in [-0.25, -0.2) is 0 Å². The zero-order valence-electron chi connectivity index (χ0n) is 4.87. The van der Waals surface area contributed by atoms with Gasteiger partial charge in [0.05, 0.1) is 5.75 Å². The van der Waals surface area contributed by atoms with Crippen molar-refractivity contribution in [1.29, 1.82) is 0 Å². The highest BCUT2D eigenvalue weighted by Crippen LogP contribution is 2.12. The van der Waals surface area contributed by atoms with E-state index in [1.165, 1.54) is 11.8 Å². The van der Waals surface area contributed by atoms with Crippen molar-refractivity contribution in [1.82, 2.24) is 10.2 Å². The van der Waals surface area contributed by atoms with Crippen LogP contribution in [-0.2, 0) is 5.75 Å². The van der Waals surface area contributed by atoms with Gasteiger partial charge in [0.2, 0.25) is 5.89 Å². The Hall–Kier alpha value is -0.160. The van der Waals surface area contributed by atoms with Gasteiger partial charge < -0.3 is 4.42 Å². The fourth-order valence-electron chi connectivity index (χ4n) is 0.385. The van der Waals surface area contributed by atoms with Crippen LogP contribution >= 0.6 is 24.4 Å². The summed E-state index contributed by atoms with van der Waals surface area (Å²) < 4.78 is 5.05. The van der Waals surface area contributed by atoms with E-state index in [1.54, 1.807) is 0 Å². The minimum Gasteiger partial charge on any atom is -0.415 e. The Morgan fingerprint density at radius 2 is 2.44 bits per heavy atom. The summed E-state index contributed by atoms with van der Waals surface area (Å²) in [7, 11) is 0. The molecule has 0 unspecified atom stereocenters. The molecule has 0 atom stereocenters. The van der Waals surface area contributed by atoms with Gasteiger partial charge in [-0.15, -0.1) is 10.2 Å². The van der Waals surface area contributed by atoms with Gasteiger partial charge in [-0.05, 0) is 6.26 Å². The van der Waals surface area contributed by atoms with Crippen LogP contribution in [0.1, 0.15) is 5.89 Å². The highest BCUT2D eigenvalue weighted by atomic mass is 32.2. The standard InChI is InChI=1S/C4H6N2OS2/c1-9-4-6-5-3(2-8)7-4/h8H,2H2,1H3. The second-order valence-electron chi connectivity index (χ2n) is 1.32. The topological polar surface area (TPSA) is 38.9 Å². The number of hydrogen-bond acceptors (Lipinski definition) is 5. The second kappa shape index (κ2) is 3.12. The fraction of sp³-hybridized carbons (Fsp3) is 0.500. The lowest BCUT2D eigenvalue weighted by atomic mass is 10.8. The van der Waals surface area contributed by atoms with E-state index in [4.69, 9.17) is 4.42 Å². The minimum atomic E-state index is 0.507. The van der Waals surface area contributed by atoms with Crippen molar-refractivity contribution in [3.63, 3.8) is 0 Å². The Bertz CT molecular complexity index is 170. The Kier molecular flexibility index (Phi) is 2.41. The zero-order chi connectivity index (χ0) is 6.69. The molecular formula is C4H6N2OS2. The molecule has 1 heterocycles. The van der Waals surface area contributed by atoms with Crippen molar-refractivity contribution in [2.24, 2.45) is 0 Å². The third-order valence-electron chi connectivity index (χ3n) is 0.758. The molecule has 0 aliphatic carbocycles. The lowest BCUT2D eigenvalue weighted by Gasteiger charge is -1.80. The van der Waals surface area contributed by atoms with E-state index in [9.17, 15) is 0 Å². The molecule has 1 rings (SSSR count). The predicted octanol–water partition coefficient (Wildman–Crippen LogP) is 1.22. The molecule has 9 heavy (non-hydrogen) atoms. The van der Waals surface area contributed by atoms with Gasteiger partial charge >= 0.3 is 0 Å². The molecule has 50 valence electrons. The number of thiol groups is 1. The molecular weight excluding hydrogens is 156 g/mol. The SMILES string of the molecule is CSc1nnc(CS)o1. The number of rotatable bonds is 2. The summed E-state index contributed by atoms with van der Waals surface area (Å²) in [5.74, 6) is 1.08. The largest absolute Gasteiger partial charge is 0.415 e. The van der Waals surface area contributed by atoms with Crippen molar-refractivity contribution < 1.29 is 4.42 Å². The van der Waals surface area contributed by atoms with Crippen LogP contribution in [-0.4, -0.2) is 16.5 Å². The van der Waals surface area contributed by atoms with Gasteiger partial charge in [-0.2, -0.15) is 12.6 Å². The van der Waals surface area contributed by atoms with Gasteiger partial charge in [0, 0.05) is 0 Å². The van der Waals surface area contributed by atoms with Crippen molar-refractivity contribution in [3.05, 3.63) is 5.89 Å². The first kappa shape index (κ1) is 6.95. The molecule has 5 heteroatoms. The average Bonchev–Trinajstić information content (AvgIpc) is 2.34. The lowest BCUT2D eigenvalue weighted by Crippen LogP contribution is -1.73. The maximum Gasteiger partial charge on any atom is 0.276 e. The maximum absolute atomic E-state index is 5.05. The van der Waals surface area contributed by atoms with Crippen molar-refractivity contribution in [3.8, 4) is 0 Å². The third-order valence-corrected chi connectivity index (χ3v) is 1.54. The highest BCUT2D eigenvalue weighted by molar-refractivity contribution is 7.98. The molecule has 1 aromatic heterocycles. The molecule has 0 amide bonds. The van der Waals surface area contributed by atoms with E-state index in [0.717, 1.165) is 0 Å². The molecule has 0 spiro atoms. The zero-order valence-corrected chi connectivity index (χ0v) is 6.58. The summed E-state index contributed by atoms with van der Waals surface area (Å²) in [5.41, 5.74) is 0. The van der Waals surface area contributed by atoms with E-state index in [-0.39, 0.29) is 0 Å². The van der Waals surface area contributed by atoms with Gasteiger partial charge in [-0.1, -0.05) is 11.8 Å². The minimum absolute atomic E-state index is 0.507. The molecule has 0 bridgehead atoms. The number of thioether (sulfide) groups is 1. The maximum atomic E-state index is 5.05. The van der Waals surface area contributed by atoms with Gasteiger partial charge in [0.1, 0.15) is 0 Å². The Balaban J connectivity index is 2.74.